The van der Waals surface area contributed by atoms with E-state index >= 15 is 0 Å². The highest BCUT2D eigenvalue weighted by Crippen LogP contribution is 2.19. The third-order valence-corrected chi connectivity index (χ3v) is 6.39. The number of benzene rings is 1. The lowest BCUT2D eigenvalue weighted by Gasteiger charge is -2.14. The molecule has 6 heteroatoms. The van der Waals surface area contributed by atoms with E-state index in [1.54, 1.807) is 0 Å². The molecule has 4 nitrogen and oxygen atoms in total. The summed E-state index contributed by atoms with van der Waals surface area (Å²) in [6.07, 6.45) is 1.20. The molecule has 0 fully saturated rings. The number of thioether (sulfide) groups is 1. The highest BCUT2D eigenvalue weighted by molar-refractivity contribution is 7.98. The van der Waals surface area contributed by atoms with Gasteiger partial charge in [0.2, 0.25) is 0 Å². The maximum absolute atomic E-state index is 5.85. The van der Waals surface area contributed by atoms with Gasteiger partial charge in [0.05, 0.1) is 16.9 Å². The maximum atomic E-state index is 5.85. The largest absolute Gasteiger partial charge is 0.425 e. The topological polar surface area (TPSA) is 36.3 Å². The lowest BCUT2D eigenvalue weighted by molar-refractivity contribution is 0.225. The van der Waals surface area contributed by atoms with Gasteiger partial charge >= 0.3 is 9.28 Å². The van der Waals surface area contributed by atoms with Gasteiger partial charge in [-0.2, -0.15) is 0 Å². The van der Waals surface area contributed by atoms with E-state index in [2.05, 4.69) is 36.6 Å². The minimum Gasteiger partial charge on any atom is -0.390 e. The number of nitrogens with zero attached hydrogens (tertiary/aromatic N) is 2. The van der Waals surface area contributed by atoms with Gasteiger partial charge < -0.3 is 13.4 Å². The Bertz CT molecular complexity index is 597. The van der Waals surface area contributed by atoms with Crippen LogP contribution in [0.2, 0.25) is 0 Å². The highest BCUT2D eigenvalue weighted by atomic mass is 32.2. The predicted molar refractivity (Wildman–Crippen MR) is 95.9 cm³/mol. The van der Waals surface area contributed by atoms with Crippen molar-refractivity contribution >= 4 is 37.3 Å². The van der Waals surface area contributed by atoms with Crippen LogP contribution in [-0.4, -0.2) is 37.8 Å². The van der Waals surface area contributed by atoms with E-state index in [4.69, 9.17) is 13.8 Å². The number of rotatable bonds is 9. The number of para-hydroxylation sites is 1. The molecule has 0 saturated heterocycles. The number of hydrogen-bond donors (Lipinski definition) is 0. The van der Waals surface area contributed by atoms with Crippen LogP contribution in [0.25, 0.3) is 11.0 Å². The molecule has 0 spiro atoms. The highest BCUT2D eigenvalue weighted by Gasteiger charge is 2.23. The lowest BCUT2D eigenvalue weighted by atomic mass is 10.3. The summed E-state index contributed by atoms with van der Waals surface area (Å²) in [5, 5.41) is 1.12. The molecule has 121 valence electrons. The Balaban J connectivity index is 2.38. The zero-order valence-electron chi connectivity index (χ0n) is 13.9. The molecule has 0 N–H and O–H groups in total. The molecule has 2 rings (SSSR count). The second-order valence-electron chi connectivity index (χ2n) is 4.95. The third-order valence-electron chi connectivity index (χ3n) is 3.31. The fraction of sp³-hybridized carbons (Fsp3) is 0.562. The smallest absolute Gasteiger partial charge is 0.390 e. The fourth-order valence-electron chi connectivity index (χ4n) is 2.35. The van der Waals surface area contributed by atoms with Crippen molar-refractivity contribution in [1.82, 2.24) is 9.55 Å². The average Bonchev–Trinajstić information content (AvgIpc) is 2.83. The van der Waals surface area contributed by atoms with Crippen LogP contribution in [-0.2, 0) is 14.7 Å². The van der Waals surface area contributed by atoms with Crippen LogP contribution >= 0.6 is 11.8 Å². The molecule has 1 radical (unpaired) electrons. The van der Waals surface area contributed by atoms with Crippen molar-refractivity contribution in [2.24, 2.45) is 0 Å². The number of aromatic nitrogens is 2. The first kappa shape index (κ1) is 17.5. The Morgan fingerprint density at radius 2 is 1.91 bits per heavy atom. The Morgan fingerprint density at radius 3 is 2.55 bits per heavy atom. The Kier molecular flexibility index (Phi) is 6.95. The van der Waals surface area contributed by atoms with Gasteiger partial charge in [-0.1, -0.05) is 19.1 Å². The third kappa shape index (κ3) is 3.93. The van der Waals surface area contributed by atoms with Gasteiger partial charge in [0.15, 0.2) is 0 Å². The summed E-state index contributed by atoms with van der Waals surface area (Å²) in [7, 11) is -1.46. The molecule has 0 unspecified atom stereocenters. The second-order valence-corrected chi connectivity index (χ2v) is 7.72. The molecule has 22 heavy (non-hydrogen) atoms. The SMILES string of the molecule is CCCSCn1c(C)nc2c([Si](OCC)OCC)cccc21. The van der Waals surface area contributed by atoms with Gasteiger partial charge in [-0.25, -0.2) is 4.98 Å². The van der Waals surface area contributed by atoms with Crippen LogP contribution in [0.3, 0.4) is 0 Å². The van der Waals surface area contributed by atoms with Crippen molar-refractivity contribution in [2.75, 3.05) is 19.0 Å². The zero-order valence-corrected chi connectivity index (χ0v) is 15.7. The summed E-state index contributed by atoms with van der Waals surface area (Å²) in [6.45, 7) is 9.63. The summed E-state index contributed by atoms with van der Waals surface area (Å²) in [5.41, 5.74) is 2.22. The van der Waals surface area contributed by atoms with Crippen LogP contribution in [0.5, 0.6) is 0 Å². The van der Waals surface area contributed by atoms with Crippen molar-refractivity contribution in [3.63, 3.8) is 0 Å². The number of aryl methyl sites for hydroxylation is 1. The maximum Gasteiger partial charge on any atom is 0.425 e. The summed E-state index contributed by atoms with van der Waals surface area (Å²) >= 11 is 1.94. The normalized spacial score (nSPS) is 11.7. The quantitative estimate of drug-likeness (QED) is 0.520. The van der Waals surface area contributed by atoms with Crippen LogP contribution in [0.1, 0.15) is 33.0 Å². The molecule has 1 aromatic heterocycles. The molecule has 0 atom stereocenters. The van der Waals surface area contributed by atoms with E-state index in [0.717, 1.165) is 22.4 Å². The van der Waals surface area contributed by atoms with Crippen molar-refractivity contribution in [1.29, 1.82) is 0 Å². The Morgan fingerprint density at radius 1 is 1.18 bits per heavy atom. The first-order valence-corrected chi connectivity index (χ1v) is 10.4. The van der Waals surface area contributed by atoms with Crippen molar-refractivity contribution in [3.8, 4) is 0 Å². The molecule has 0 aliphatic heterocycles. The first-order valence-electron chi connectivity index (χ1n) is 7.89. The molecule has 0 aliphatic carbocycles. The molecular formula is C16H25N2O2SSi. The van der Waals surface area contributed by atoms with Gasteiger partial charge in [-0.05, 0) is 39.0 Å². The van der Waals surface area contributed by atoms with E-state index in [9.17, 15) is 0 Å². The van der Waals surface area contributed by atoms with Crippen LogP contribution in [0.15, 0.2) is 18.2 Å². The molecule has 0 aliphatic rings. The van der Waals surface area contributed by atoms with Crippen molar-refractivity contribution in [2.45, 2.75) is 40.0 Å². The summed E-state index contributed by atoms with van der Waals surface area (Å²) in [4.78, 5) is 4.79. The van der Waals surface area contributed by atoms with E-state index in [0.29, 0.717) is 13.2 Å². The van der Waals surface area contributed by atoms with Crippen LogP contribution in [0, 0.1) is 6.92 Å². The molecule has 0 bridgehead atoms. The van der Waals surface area contributed by atoms with Gasteiger partial charge in [0.25, 0.3) is 0 Å². The molecule has 1 aromatic carbocycles. The Labute approximate surface area is 139 Å². The molecule has 0 saturated carbocycles. The number of imidazole rings is 1. The summed E-state index contributed by atoms with van der Waals surface area (Å²) < 4.78 is 14.0. The average molecular weight is 338 g/mol. The van der Waals surface area contributed by atoms with Crippen molar-refractivity contribution in [3.05, 3.63) is 24.0 Å². The van der Waals surface area contributed by atoms with Crippen LogP contribution in [0.4, 0.5) is 0 Å². The monoisotopic (exact) mass is 337 g/mol. The molecule has 2 aromatic rings. The first-order chi connectivity index (χ1) is 10.7. The number of hydrogen-bond acceptors (Lipinski definition) is 4. The molecule has 1 heterocycles. The lowest BCUT2D eigenvalue weighted by Crippen LogP contribution is -2.37. The number of fused-ring (bicyclic) bond motifs is 1. The summed E-state index contributed by atoms with van der Waals surface area (Å²) in [6, 6.07) is 6.32. The summed E-state index contributed by atoms with van der Waals surface area (Å²) in [5.74, 6) is 3.18. The van der Waals surface area contributed by atoms with E-state index in [1.807, 2.05) is 25.6 Å². The van der Waals surface area contributed by atoms with E-state index in [-0.39, 0.29) is 0 Å². The predicted octanol–water partition coefficient (Wildman–Crippen LogP) is 3.21. The van der Waals surface area contributed by atoms with Gasteiger partial charge in [-0.15, -0.1) is 11.8 Å². The van der Waals surface area contributed by atoms with Crippen molar-refractivity contribution < 1.29 is 8.85 Å². The fourth-order valence-corrected chi connectivity index (χ4v) is 4.80. The van der Waals surface area contributed by atoms with Gasteiger partial charge in [0.1, 0.15) is 5.82 Å². The molecule has 0 amide bonds. The minimum absolute atomic E-state index is 0.663. The van der Waals surface area contributed by atoms with E-state index in [1.165, 1.54) is 17.7 Å². The van der Waals surface area contributed by atoms with E-state index < -0.39 is 9.28 Å². The Hall–Kier alpha value is -0.823. The standard InChI is InChI=1S/C16H25N2O2SSi/c1-5-11-21-12-18-13(4)17-16-14(18)9-8-10-15(16)22(19-6-2)20-7-3/h8-10H,5-7,11-12H2,1-4H3. The van der Waals surface area contributed by atoms with Gasteiger partial charge in [-0.3, -0.25) is 0 Å². The van der Waals surface area contributed by atoms with Gasteiger partial charge in [0, 0.05) is 18.4 Å². The minimum atomic E-state index is -1.46. The zero-order chi connectivity index (χ0) is 15.9. The molecular weight excluding hydrogens is 312 g/mol. The van der Waals surface area contributed by atoms with Crippen LogP contribution < -0.4 is 5.19 Å². The second kappa shape index (κ2) is 8.72.